The molecule has 19 heavy (non-hydrogen) atoms. The number of aromatic amines is 1. The van der Waals surface area contributed by atoms with E-state index >= 15 is 0 Å². The Morgan fingerprint density at radius 3 is 2.58 bits per heavy atom. The van der Waals surface area contributed by atoms with E-state index in [4.69, 9.17) is 0 Å². The molecule has 0 radical (unpaired) electrons. The average Bonchev–Trinajstić information content (AvgIpc) is 2.98. The predicted molar refractivity (Wildman–Crippen MR) is 86.8 cm³/mol. The molecule has 0 amide bonds. The van der Waals surface area contributed by atoms with Crippen molar-refractivity contribution in [2.45, 2.75) is 0 Å². The van der Waals surface area contributed by atoms with E-state index in [1.165, 1.54) is 31.4 Å². The SMILES string of the molecule is Brc1ccc(-c2c[nH]c3c2sc2ccccc23)cc1. The Morgan fingerprint density at radius 2 is 1.74 bits per heavy atom. The fourth-order valence-electron chi connectivity index (χ4n) is 2.43. The van der Waals surface area contributed by atoms with Crippen LogP contribution in [0.1, 0.15) is 0 Å². The maximum Gasteiger partial charge on any atom is 0.0650 e. The van der Waals surface area contributed by atoms with Gasteiger partial charge in [-0.25, -0.2) is 0 Å². The van der Waals surface area contributed by atoms with Crippen LogP contribution in [0.5, 0.6) is 0 Å². The second kappa shape index (κ2) is 4.22. The predicted octanol–water partition coefficient (Wildman–Crippen LogP) is 5.81. The zero-order valence-electron chi connectivity index (χ0n) is 9.98. The van der Waals surface area contributed by atoms with Crippen molar-refractivity contribution < 1.29 is 0 Å². The van der Waals surface area contributed by atoms with Gasteiger partial charge in [-0.1, -0.05) is 46.3 Å². The van der Waals surface area contributed by atoms with Crippen LogP contribution >= 0.6 is 27.3 Å². The molecule has 0 bridgehead atoms. The fourth-order valence-corrected chi connectivity index (χ4v) is 3.90. The van der Waals surface area contributed by atoms with Crippen LogP contribution in [0.4, 0.5) is 0 Å². The van der Waals surface area contributed by atoms with E-state index in [0.717, 1.165) is 4.47 Å². The van der Waals surface area contributed by atoms with Gasteiger partial charge in [-0.15, -0.1) is 11.3 Å². The molecule has 0 aliphatic carbocycles. The first-order valence-electron chi connectivity index (χ1n) is 6.07. The van der Waals surface area contributed by atoms with E-state index < -0.39 is 0 Å². The highest BCUT2D eigenvalue weighted by Crippen LogP contribution is 2.39. The van der Waals surface area contributed by atoms with Crippen molar-refractivity contribution in [2.75, 3.05) is 0 Å². The summed E-state index contributed by atoms with van der Waals surface area (Å²) in [6.45, 7) is 0. The number of rotatable bonds is 1. The van der Waals surface area contributed by atoms with Gasteiger partial charge in [0, 0.05) is 26.3 Å². The third-order valence-electron chi connectivity index (χ3n) is 3.36. The Hall–Kier alpha value is -1.58. The van der Waals surface area contributed by atoms with E-state index in [9.17, 15) is 0 Å². The van der Waals surface area contributed by atoms with Crippen molar-refractivity contribution in [1.29, 1.82) is 0 Å². The Morgan fingerprint density at radius 1 is 0.947 bits per heavy atom. The molecule has 92 valence electrons. The number of hydrogen-bond donors (Lipinski definition) is 1. The molecule has 4 rings (SSSR count). The van der Waals surface area contributed by atoms with Gasteiger partial charge < -0.3 is 4.98 Å². The summed E-state index contributed by atoms with van der Waals surface area (Å²) >= 11 is 5.33. The van der Waals surface area contributed by atoms with Crippen LogP contribution in [0.3, 0.4) is 0 Å². The summed E-state index contributed by atoms with van der Waals surface area (Å²) in [6, 6.07) is 17.0. The summed E-state index contributed by atoms with van der Waals surface area (Å²) in [4.78, 5) is 3.42. The molecule has 0 unspecified atom stereocenters. The van der Waals surface area contributed by atoms with Gasteiger partial charge in [-0.3, -0.25) is 0 Å². The van der Waals surface area contributed by atoms with Crippen molar-refractivity contribution in [2.24, 2.45) is 0 Å². The summed E-state index contributed by atoms with van der Waals surface area (Å²) in [5, 5.41) is 1.31. The molecule has 0 saturated carbocycles. The summed E-state index contributed by atoms with van der Waals surface area (Å²) < 4.78 is 3.78. The number of thiophene rings is 1. The Kier molecular flexibility index (Phi) is 2.50. The van der Waals surface area contributed by atoms with Crippen LogP contribution in [0.15, 0.2) is 59.2 Å². The lowest BCUT2D eigenvalue weighted by Gasteiger charge is -1.97. The number of benzene rings is 2. The van der Waals surface area contributed by atoms with Crippen LogP contribution in [-0.2, 0) is 0 Å². The molecule has 2 aromatic heterocycles. The van der Waals surface area contributed by atoms with Crippen LogP contribution < -0.4 is 0 Å². The topological polar surface area (TPSA) is 15.8 Å². The molecule has 2 heterocycles. The minimum absolute atomic E-state index is 1.11. The zero-order chi connectivity index (χ0) is 12.8. The standard InChI is InChI=1S/C16H10BrNS/c17-11-7-5-10(6-8-11)13-9-18-15-12-3-1-2-4-14(12)19-16(13)15/h1-9,18H. The first-order chi connectivity index (χ1) is 9.33. The molecule has 0 fully saturated rings. The molecular weight excluding hydrogens is 318 g/mol. The lowest BCUT2D eigenvalue weighted by Crippen LogP contribution is -1.72. The monoisotopic (exact) mass is 327 g/mol. The highest BCUT2D eigenvalue weighted by molar-refractivity contribution is 9.10. The summed E-state index contributed by atoms with van der Waals surface area (Å²) in [7, 11) is 0. The molecule has 3 heteroatoms. The number of halogens is 1. The molecule has 0 spiro atoms. The van der Waals surface area contributed by atoms with Crippen molar-refractivity contribution in [3.63, 3.8) is 0 Å². The third-order valence-corrected chi connectivity index (χ3v) is 5.09. The second-order valence-electron chi connectivity index (χ2n) is 4.51. The van der Waals surface area contributed by atoms with Gasteiger partial charge in [0.1, 0.15) is 0 Å². The van der Waals surface area contributed by atoms with E-state index in [0.29, 0.717) is 0 Å². The number of hydrogen-bond acceptors (Lipinski definition) is 1. The first-order valence-corrected chi connectivity index (χ1v) is 7.68. The summed E-state index contributed by atoms with van der Waals surface area (Å²) in [5.74, 6) is 0. The summed E-state index contributed by atoms with van der Waals surface area (Å²) in [5.41, 5.74) is 3.78. The van der Waals surface area contributed by atoms with Crippen LogP contribution in [0.2, 0.25) is 0 Å². The van der Waals surface area contributed by atoms with E-state index in [2.05, 4.69) is 75.6 Å². The smallest absolute Gasteiger partial charge is 0.0650 e. The largest absolute Gasteiger partial charge is 0.359 e. The van der Waals surface area contributed by atoms with Gasteiger partial charge in [0.2, 0.25) is 0 Å². The molecule has 0 aliphatic rings. The average molecular weight is 328 g/mol. The van der Waals surface area contributed by atoms with Crippen molar-refractivity contribution >= 4 is 47.6 Å². The van der Waals surface area contributed by atoms with Crippen molar-refractivity contribution in [3.05, 3.63) is 59.2 Å². The molecule has 1 nitrogen and oxygen atoms in total. The van der Waals surface area contributed by atoms with Crippen LogP contribution in [-0.4, -0.2) is 4.98 Å². The number of fused-ring (bicyclic) bond motifs is 3. The maximum absolute atomic E-state index is 3.48. The van der Waals surface area contributed by atoms with E-state index in [1.54, 1.807) is 0 Å². The zero-order valence-corrected chi connectivity index (χ0v) is 12.4. The van der Waals surface area contributed by atoms with E-state index in [-0.39, 0.29) is 0 Å². The Bertz CT molecular complexity index is 871. The number of H-pyrrole nitrogens is 1. The fraction of sp³-hybridized carbons (Fsp3) is 0. The normalized spacial score (nSPS) is 11.4. The first kappa shape index (κ1) is 11.3. The van der Waals surface area contributed by atoms with Gasteiger partial charge in [-0.2, -0.15) is 0 Å². The Balaban J connectivity index is 2.02. The molecule has 0 atom stereocenters. The van der Waals surface area contributed by atoms with Gasteiger partial charge >= 0.3 is 0 Å². The van der Waals surface area contributed by atoms with Gasteiger partial charge in [0.25, 0.3) is 0 Å². The number of aromatic nitrogens is 1. The number of nitrogens with one attached hydrogen (secondary N) is 1. The molecule has 0 aliphatic heterocycles. The lowest BCUT2D eigenvalue weighted by atomic mass is 10.1. The lowest BCUT2D eigenvalue weighted by molar-refractivity contribution is 1.48. The van der Waals surface area contributed by atoms with Gasteiger partial charge in [0.05, 0.1) is 10.2 Å². The minimum Gasteiger partial charge on any atom is -0.359 e. The maximum atomic E-state index is 3.48. The van der Waals surface area contributed by atoms with E-state index in [1.807, 2.05) is 11.3 Å². The second-order valence-corrected chi connectivity index (χ2v) is 6.48. The van der Waals surface area contributed by atoms with Gasteiger partial charge in [-0.05, 0) is 23.8 Å². The molecular formula is C16H10BrNS. The molecule has 4 aromatic rings. The van der Waals surface area contributed by atoms with Crippen LogP contribution in [0.25, 0.3) is 31.4 Å². The highest BCUT2D eigenvalue weighted by atomic mass is 79.9. The quantitative estimate of drug-likeness (QED) is 0.454. The molecule has 0 saturated heterocycles. The highest BCUT2D eigenvalue weighted by Gasteiger charge is 2.11. The van der Waals surface area contributed by atoms with Crippen molar-refractivity contribution in [3.8, 4) is 11.1 Å². The van der Waals surface area contributed by atoms with Crippen molar-refractivity contribution in [1.82, 2.24) is 4.98 Å². The van der Waals surface area contributed by atoms with Gasteiger partial charge in [0.15, 0.2) is 0 Å². The summed E-state index contributed by atoms with van der Waals surface area (Å²) in [6.07, 6.45) is 2.11. The minimum atomic E-state index is 1.11. The molecule has 2 aromatic carbocycles. The Labute approximate surface area is 123 Å². The third kappa shape index (κ3) is 1.73. The molecule has 1 N–H and O–H groups in total. The van der Waals surface area contributed by atoms with Crippen LogP contribution in [0, 0.1) is 0 Å².